The van der Waals surface area contributed by atoms with E-state index >= 15 is 0 Å². The van der Waals surface area contributed by atoms with E-state index in [0.29, 0.717) is 37.7 Å². The minimum atomic E-state index is -0.183. The number of hydrogen-bond donors (Lipinski definition) is 1. The van der Waals surface area contributed by atoms with Crippen LogP contribution >= 0.6 is 15.9 Å². The summed E-state index contributed by atoms with van der Waals surface area (Å²) in [5.41, 5.74) is 1.26. The molecule has 0 unspecified atom stereocenters. The second kappa shape index (κ2) is 10.8. The predicted octanol–water partition coefficient (Wildman–Crippen LogP) is 4.91. The first-order valence-corrected chi connectivity index (χ1v) is 9.47. The lowest BCUT2D eigenvalue weighted by atomic mass is 10.2. The Hall–Kier alpha value is -2.05. The minimum Gasteiger partial charge on any atom is -0.492 e. The van der Waals surface area contributed by atoms with E-state index in [2.05, 4.69) is 21.2 Å². The van der Waals surface area contributed by atoms with Crippen LogP contribution in [0.2, 0.25) is 0 Å². The molecule has 6 heteroatoms. The highest BCUT2D eigenvalue weighted by molar-refractivity contribution is 9.10. The van der Waals surface area contributed by atoms with E-state index in [1.807, 2.05) is 38.1 Å². The first-order valence-electron chi connectivity index (χ1n) is 8.68. The van der Waals surface area contributed by atoms with Crippen LogP contribution in [-0.2, 0) is 4.74 Å². The van der Waals surface area contributed by atoms with Crippen molar-refractivity contribution in [2.45, 2.75) is 20.3 Å². The van der Waals surface area contributed by atoms with Crippen molar-refractivity contribution in [3.63, 3.8) is 0 Å². The first-order chi connectivity index (χ1) is 12.6. The molecule has 0 atom stereocenters. The average molecular weight is 422 g/mol. The molecule has 1 N–H and O–H groups in total. The summed E-state index contributed by atoms with van der Waals surface area (Å²) in [4.78, 5) is 12.4. The molecule has 0 saturated carbocycles. The molecule has 0 aliphatic carbocycles. The third-order valence-electron chi connectivity index (χ3n) is 3.47. The third-order valence-corrected chi connectivity index (χ3v) is 4.09. The molecule has 0 radical (unpaired) electrons. The molecule has 140 valence electrons. The normalized spacial score (nSPS) is 10.4. The van der Waals surface area contributed by atoms with Crippen LogP contribution in [0.15, 0.2) is 46.9 Å². The van der Waals surface area contributed by atoms with Gasteiger partial charge in [-0.3, -0.25) is 4.79 Å². The molecule has 0 spiro atoms. The van der Waals surface area contributed by atoms with Crippen LogP contribution in [-0.4, -0.2) is 32.3 Å². The van der Waals surface area contributed by atoms with Gasteiger partial charge < -0.3 is 19.5 Å². The lowest BCUT2D eigenvalue weighted by molar-refractivity contribution is 0.102. The average Bonchev–Trinajstić information content (AvgIpc) is 2.65. The number of ether oxygens (including phenoxy) is 3. The van der Waals surface area contributed by atoms with E-state index in [-0.39, 0.29) is 5.91 Å². The summed E-state index contributed by atoms with van der Waals surface area (Å²) in [6, 6.07) is 12.5. The number of carbonyl (C=O) groups is 1. The quantitative estimate of drug-likeness (QED) is 0.553. The summed E-state index contributed by atoms with van der Waals surface area (Å²) in [5.74, 6) is 1.29. The van der Waals surface area contributed by atoms with Gasteiger partial charge in [-0.05, 0) is 71.7 Å². The van der Waals surface area contributed by atoms with Gasteiger partial charge in [-0.15, -0.1) is 0 Å². The number of rotatable bonds is 10. The summed E-state index contributed by atoms with van der Waals surface area (Å²) >= 11 is 3.44. The van der Waals surface area contributed by atoms with Crippen molar-refractivity contribution < 1.29 is 19.0 Å². The van der Waals surface area contributed by atoms with Gasteiger partial charge in [0.1, 0.15) is 18.1 Å². The molecule has 26 heavy (non-hydrogen) atoms. The molecule has 0 heterocycles. The monoisotopic (exact) mass is 421 g/mol. The fourth-order valence-corrected chi connectivity index (χ4v) is 2.66. The van der Waals surface area contributed by atoms with Crippen molar-refractivity contribution in [1.82, 2.24) is 0 Å². The molecule has 5 nitrogen and oxygen atoms in total. The van der Waals surface area contributed by atoms with E-state index < -0.39 is 0 Å². The van der Waals surface area contributed by atoms with Gasteiger partial charge in [0.05, 0.1) is 17.7 Å². The molecule has 0 aromatic heterocycles. The van der Waals surface area contributed by atoms with Gasteiger partial charge in [0, 0.05) is 17.9 Å². The van der Waals surface area contributed by atoms with Gasteiger partial charge in [-0.25, -0.2) is 0 Å². The van der Waals surface area contributed by atoms with Crippen LogP contribution in [0.25, 0.3) is 0 Å². The van der Waals surface area contributed by atoms with Gasteiger partial charge in [-0.2, -0.15) is 0 Å². The van der Waals surface area contributed by atoms with Crippen LogP contribution in [0, 0.1) is 0 Å². The SMILES string of the molecule is CCCOc1ccc(C(=O)Nc2ccc(OCCOCC)cc2)cc1Br. The maximum atomic E-state index is 12.4. The van der Waals surface area contributed by atoms with Crippen molar-refractivity contribution in [3.05, 3.63) is 52.5 Å². The van der Waals surface area contributed by atoms with Crippen molar-refractivity contribution >= 4 is 27.5 Å². The number of benzene rings is 2. The maximum Gasteiger partial charge on any atom is 0.255 e. The van der Waals surface area contributed by atoms with Gasteiger partial charge in [0.25, 0.3) is 5.91 Å². The summed E-state index contributed by atoms with van der Waals surface area (Å²) in [7, 11) is 0. The Morgan fingerprint density at radius 1 is 1.00 bits per heavy atom. The van der Waals surface area contributed by atoms with Crippen molar-refractivity contribution in [3.8, 4) is 11.5 Å². The Labute approximate surface area is 162 Å². The molecule has 2 aromatic rings. The molecule has 0 fully saturated rings. The molecular weight excluding hydrogens is 398 g/mol. The van der Waals surface area contributed by atoms with Crippen LogP contribution in [0.4, 0.5) is 5.69 Å². The lowest BCUT2D eigenvalue weighted by Gasteiger charge is -2.10. The second-order valence-corrected chi connectivity index (χ2v) is 6.37. The van der Waals surface area contributed by atoms with Gasteiger partial charge in [-0.1, -0.05) is 6.92 Å². The lowest BCUT2D eigenvalue weighted by Crippen LogP contribution is -2.12. The van der Waals surface area contributed by atoms with Gasteiger partial charge in [0.15, 0.2) is 0 Å². The Bertz CT molecular complexity index is 703. The molecule has 0 bridgehead atoms. The van der Waals surface area contributed by atoms with Crippen LogP contribution in [0.1, 0.15) is 30.6 Å². The summed E-state index contributed by atoms with van der Waals surface area (Å²) < 4.78 is 17.1. The molecule has 0 aliphatic rings. The van der Waals surface area contributed by atoms with E-state index in [9.17, 15) is 4.79 Å². The number of hydrogen-bond acceptors (Lipinski definition) is 4. The predicted molar refractivity (Wildman–Crippen MR) is 106 cm³/mol. The standard InChI is InChI=1S/C20H24BrNO4/c1-3-11-26-19-10-5-15(14-18(19)21)20(23)22-16-6-8-17(9-7-16)25-13-12-24-4-2/h5-10,14H,3-4,11-13H2,1-2H3,(H,22,23). The second-order valence-electron chi connectivity index (χ2n) is 5.52. The van der Waals surface area contributed by atoms with Crippen LogP contribution in [0.5, 0.6) is 11.5 Å². The highest BCUT2D eigenvalue weighted by atomic mass is 79.9. The number of halogens is 1. The smallest absolute Gasteiger partial charge is 0.255 e. The topological polar surface area (TPSA) is 56.8 Å². The first kappa shape index (κ1) is 20.3. The molecule has 0 aliphatic heterocycles. The highest BCUT2D eigenvalue weighted by Gasteiger charge is 2.10. The molecular formula is C20H24BrNO4. The van der Waals surface area contributed by atoms with Crippen molar-refractivity contribution in [2.75, 3.05) is 31.7 Å². The third kappa shape index (κ3) is 6.35. The Balaban J connectivity index is 1.91. The maximum absolute atomic E-state index is 12.4. The van der Waals surface area contributed by atoms with Gasteiger partial charge in [0.2, 0.25) is 0 Å². The zero-order chi connectivity index (χ0) is 18.8. The summed E-state index contributed by atoms with van der Waals surface area (Å²) in [5, 5.41) is 2.87. The molecule has 2 aromatic carbocycles. The summed E-state index contributed by atoms with van der Waals surface area (Å²) in [6.45, 7) is 6.37. The highest BCUT2D eigenvalue weighted by Crippen LogP contribution is 2.26. The van der Waals surface area contributed by atoms with E-state index in [0.717, 1.165) is 22.4 Å². The molecule has 0 saturated heterocycles. The number of amides is 1. The Morgan fingerprint density at radius 2 is 1.77 bits per heavy atom. The number of carbonyl (C=O) groups excluding carboxylic acids is 1. The molecule has 2 rings (SSSR count). The van der Waals surface area contributed by atoms with Crippen molar-refractivity contribution in [1.29, 1.82) is 0 Å². The van der Waals surface area contributed by atoms with Crippen LogP contribution < -0.4 is 14.8 Å². The number of nitrogens with one attached hydrogen (secondary N) is 1. The summed E-state index contributed by atoms with van der Waals surface area (Å²) in [6.07, 6.45) is 0.931. The molecule has 1 amide bonds. The fraction of sp³-hybridized carbons (Fsp3) is 0.350. The zero-order valence-electron chi connectivity index (χ0n) is 15.1. The van der Waals surface area contributed by atoms with E-state index in [4.69, 9.17) is 14.2 Å². The zero-order valence-corrected chi connectivity index (χ0v) is 16.7. The van der Waals surface area contributed by atoms with E-state index in [1.54, 1.807) is 18.2 Å². The van der Waals surface area contributed by atoms with Gasteiger partial charge >= 0.3 is 0 Å². The van der Waals surface area contributed by atoms with Crippen LogP contribution in [0.3, 0.4) is 0 Å². The Morgan fingerprint density at radius 3 is 2.42 bits per heavy atom. The largest absolute Gasteiger partial charge is 0.492 e. The van der Waals surface area contributed by atoms with E-state index in [1.165, 1.54) is 0 Å². The Kier molecular flexibility index (Phi) is 8.44. The minimum absolute atomic E-state index is 0.183. The number of anilines is 1. The fourth-order valence-electron chi connectivity index (χ4n) is 2.17. The van der Waals surface area contributed by atoms with Crippen molar-refractivity contribution in [2.24, 2.45) is 0 Å².